The fourth-order valence-electron chi connectivity index (χ4n) is 1.93. The average Bonchev–Trinajstić information content (AvgIpc) is 2.10. The molecule has 1 aliphatic rings. The minimum absolute atomic E-state index is 0.0668. The largest absolute Gasteiger partial charge is 0.376 e. The topological polar surface area (TPSA) is 12.0 Å². The van der Waals surface area contributed by atoms with E-state index < -0.39 is 0 Å². The van der Waals surface area contributed by atoms with Crippen molar-refractivity contribution in [2.24, 2.45) is 0 Å². The second kappa shape index (κ2) is 3.28. The molecule has 0 bridgehead atoms. The lowest BCUT2D eigenvalue weighted by Gasteiger charge is -2.32. The van der Waals surface area contributed by atoms with E-state index in [1.807, 2.05) is 0 Å². The first-order chi connectivity index (χ1) is 6.91. The Bertz CT molecular complexity index is 444. The SMILES string of the molecule is Cc1ccc2c(c1C)NC(C)(C)C=C2Cl. The van der Waals surface area contributed by atoms with E-state index in [4.69, 9.17) is 11.6 Å². The Labute approximate surface area is 96.1 Å². The number of hydrogen-bond acceptors (Lipinski definition) is 1. The van der Waals surface area contributed by atoms with Crippen molar-refractivity contribution in [1.82, 2.24) is 0 Å². The van der Waals surface area contributed by atoms with Gasteiger partial charge in [-0.2, -0.15) is 0 Å². The minimum Gasteiger partial charge on any atom is -0.376 e. The monoisotopic (exact) mass is 221 g/mol. The number of halogens is 1. The Hall–Kier alpha value is -0.950. The van der Waals surface area contributed by atoms with Crippen LogP contribution in [0.3, 0.4) is 0 Å². The number of rotatable bonds is 0. The van der Waals surface area contributed by atoms with Crippen molar-refractivity contribution in [3.8, 4) is 0 Å². The quantitative estimate of drug-likeness (QED) is 0.696. The summed E-state index contributed by atoms with van der Waals surface area (Å²) >= 11 is 6.28. The Morgan fingerprint density at radius 3 is 2.53 bits per heavy atom. The highest BCUT2D eigenvalue weighted by molar-refractivity contribution is 6.49. The van der Waals surface area contributed by atoms with Gasteiger partial charge in [0.2, 0.25) is 0 Å². The van der Waals surface area contributed by atoms with E-state index in [1.165, 1.54) is 16.8 Å². The van der Waals surface area contributed by atoms with Gasteiger partial charge in [0.05, 0.1) is 5.54 Å². The van der Waals surface area contributed by atoms with Gasteiger partial charge in [0, 0.05) is 16.3 Å². The van der Waals surface area contributed by atoms with E-state index >= 15 is 0 Å². The van der Waals surface area contributed by atoms with Crippen LogP contribution in [0.15, 0.2) is 18.2 Å². The lowest BCUT2D eigenvalue weighted by molar-refractivity contribution is 0.708. The highest BCUT2D eigenvalue weighted by Crippen LogP contribution is 2.38. The van der Waals surface area contributed by atoms with E-state index in [0.29, 0.717) is 0 Å². The van der Waals surface area contributed by atoms with Crippen molar-refractivity contribution in [3.05, 3.63) is 34.9 Å². The van der Waals surface area contributed by atoms with Gasteiger partial charge in [-0.15, -0.1) is 0 Å². The van der Waals surface area contributed by atoms with Gasteiger partial charge in [0.25, 0.3) is 0 Å². The zero-order valence-electron chi connectivity index (χ0n) is 9.61. The van der Waals surface area contributed by atoms with Crippen LogP contribution in [0.1, 0.15) is 30.5 Å². The first-order valence-corrected chi connectivity index (χ1v) is 5.55. The molecule has 0 atom stereocenters. The summed E-state index contributed by atoms with van der Waals surface area (Å²) in [7, 11) is 0. The molecule has 1 nitrogen and oxygen atoms in total. The maximum Gasteiger partial charge on any atom is 0.0517 e. The number of aryl methyl sites for hydroxylation is 1. The molecule has 0 amide bonds. The molecule has 1 aromatic rings. The summed E-state index contributed by atoms with van der Waals surface area (Å²) in [6.07, 6.45) is 2.06. The molecule has 0 radical (unpaired) electrons. The van der Waals surface area contributed by atoms with E-state index in [-0.39, 0.29) is 5.54 Å². The molecule has 0 saturated carbocycles. The minimum atomic E-state index is -0.0668. The van der Waals surface area contributed by atoms with Crippen LogP contribution >= 0.6 is 11.6 Å². The van der Waals surface area contributed by atoms with Crippen molar-refractivity contribution in [3.63, 3.8) is 0 Å². The molecular weight excluding hydrogens is 206 g/mol. The van der Waals surface area contributed by atoms with Gasteiger partial charge in [0.1, 0.15) is 0 Å². The average molecular weight is 222 g/mol. The van der Waals surface area contributed by atoms with Gasteiger partial charge < -0.3 is 5.32 Å². The van der Waals surface area contributed by atoms with Crippen molar-refractivity contribution in [1.29, 1.82) is 0 Å². The van der Waals surface area contributed by atoms with Crippen molar-refractivity contribution in [2.45, 2.75) is 33.2 Å². The Morgan fingerprint density at radius 2 is 1.87 bits per heavy atom. The van der Waals surface area contributed by atoms with Gasteiger partial charge in [0.15, 0.2) is 0 Å². The second-order valence-electron chi connectivity index (χ2n) is 4.77. The smallest absolute Gasteiger partial charge is 0.0517 e. The van der Waals surface area contributed by atoms with Crippen LogP contribution in [0.5, 0.6) is 0 Å². The molecule has 2 rings (SSSR count). The molecule has 0 unspecified atom stereocenters. The summed E-state index contributed by atoms with van der Waals surface area (Å²) in [5.41, 5.74) is 4.80. The Balaban J connectivity index is 2.65. The zero-order valence-corrected chi connectivity index (χ0v) is 10.4. The molecule has 0 saturated heterocycles. The summed E-state index contributed by atoms with van der Waals surface area (Å²) in [6, 6.07) is 4.20. The van der Waals surface area contributed by atoms with Crippen LogP contribution in [0.25, 0.3) is 5.03 Å². The number of anilines is 1. The van der Waals surface area contributed by atoms with Crippen LogP contribution in [0, 0.1) is 13.8 Å². The Kier molecular flexibility index (Phi) is 2.31. The van der Waals surface area contributed by atoms with Gasteiger partial charge in [-0.3, -0.25) is 0 Å². The molecule has 80 valence electrons. The summed E-state index contributed by atoms with van der Waals surface area (Å²) < 4.78 is 0. The van der Waals surface area contributed by atoms with E-state index in [9.17, 15) is 0 Å². The van der Waals surface area contributed by atoms with Crippen LogP contribution in [-0.4, -0.2) is 5.54 Å². The van der Waals surface area contributed by atoms with E-state index in [2.05, 4.69) is 51.2 Å². The standard InChI is InChI=1S/C13H16ClN/c1-8-5-6-10-11(14)7-13(3,4)15-12(10)9(8)2/h5-7,15H,1-4H3. The van der Waals surface area contributed by atoms with Crippen LogP contribution in [-0.2, 0) is 0 Å². The molecule has 15 heavy (non-hydrogen) atoms. The van der Waals surface area contributed by atoms with E-state index in [0.717, 1.165) is 10.6 Å². The first-order valence-electron chi connectivity index (χ1n) is 5.18. The van der Waals surface area contributed by atoms with Gasteiger partial charge in [-0.1, -0.05) is 23.7 Å². The molecule has 0 aliphatic carbocycles. The molecule has 0 fully saturated rings. The molecule has 2 heteroatoms. The summed E-state index contributed by atoms with van der Waals surface area (Å²) in [6.45, 7) is 8.50. The molecular formula is C13H16ClN. The third-order valence-corrected chi connectivity index (χ3v) is 3.24. The highest BCUT2D eigenvalue weighted by Gasteiger charge is 2.24. The lowest BCUT2D eigenvalue weighted by Crippen LogP contribution is -2.31. The maximum absolute atomic E-state index is 6.28. The highest BCUT2D eigenvalue weighted by atomic mass is 35.5. The Morgan fingerprint density at radius 1 is 1.20 bits per heavy atom. The fraction of sp³-hybridized carbons (Fsp3) is 0.385. The maximum atomic E-state index is 6.28. The second-order valence-corrected chi connectivity index (χ2v) is 5.18. The predicted octanol–water partition coefficient (Wildman–Crippen LogP) is 4.09. The van der Waals surface area contributed by atoms with Gasteiger partial charge >= 0.3 is 0 Å². The van der Waals surface area contributed by atoms with Crippen molar-refractivity contribution >= 4 is 22.3 Å². The normalized spacial score (nSPS) is 17.8. The molecule has 1 N–H and O–H groups in total. The predicted molar refractivity (Wildman–Crippen MR) is 67.4 cm³/mol. The molecule has 1 aromatic carbocycles. The molecule has 1 heterocycles. The van der Waals surface area contributed by atoms with Gasteiger partial charge in [-0.05, 0) is 44.9 Å². The number of benzene rings is 1. The summed E-state index contributed by atoms with van der Waals surface area (Å²) in [5, 5.41) is 4.36. The van der Waals surface area contributed by atoms with Crippen molar-refractivity contribution < 1.29 is 0 Å². The van der Waals surface area contributed by atoms with Crippen LogP contribution < -0.4 is 5.32 Å². The fourth-order valence-corrected chi connectivity index (χ4v) is 2.36. The third-order valence-electron chi connectivity index (χ3n) is 2.93. The van der Waals surface area contributed by atoms with Crippen LogP contribution in [0.2, 0.25) is 0 Å². The first kappa shape index (κ1) is 10.6. The zero-order chi connectivity index (χ0) is 11.2. The van der Waals surface area contributed by atoms with Gasteiger partial charge in [-0.25, -0.2) is 0 Å². The summed E-state index contributed by atoms with van der Waals surface area (Å²) in [5.74, 6) is 0. The van der Waals surface area contributed by atoms with Crippen LogP contribution in [0.4, 0.5) is 5.69 Å². The molecule has 0 aromatic heterocycles. The lowest BCUT2D eigenvalue weighted by atomic mass is 9.93. The van der Waals surface area contributed by atoms with Crippen molar-refractivity contribution in [2.75, 3.05) is 5.32 Å². The molecule has 0 spiro atoms. The van der Waals surface area contributed by atoms with E-state index in [1.54, 1.807) is 0 Å². The number of nitrogens with one attached hydrogen (secondary N) is 1. The number of fused-ring (bicyclic) bond motifs is 1. The molecule has 1 aliphatic heterocycles. The third kappa shape index (κ3) is 1.76. The summed E-state index contributed by atoms with van der Waals surface area (Å²) in [4.78, 5) is 0. The number of hydrogen-bond donors (Lipinski definition) is 1.